The first-order chi connectivity index (χ1) is 6.27. The maximum atomic E-state index is 6.00. The van der Waals surface area contributed by atoms with Gasteiger partial charge in [-0.05, 0) is 12.5 Å². The molecule has 2 rings (SSSR count). The average molecular weight is 176 g/mol. The van der Waals surface area contributed by atoms with Crippen LogP contribution in [0.3, 0.4) is 0 Å². The van der Waals surface area contributed by atoms with Crippen LogP contribution < -0.4 is 11.1 Å². The summed E-state index contributed by atoms with van der Waals surface area (Å²) in [5.74, 6) is 0.500. The Morgan fingerprint density at radius 2 is 2.23 bits per heavy atom. The number of nitrogens with one attached hydrogen (secondary N) is 1. The Balaban J connectivity index is 2.24. The number of nitrogens with two attached hydrogens (primary N) is 1. The molecule has 2 nitrogen and oxygen atoms in total. The molecule has 0 radical (unpaired) electrons. The van der Waals surface area contributed by atoms with E-state index in [-0.39, 0.29) is 6.04 Å². The summed E-state index contributed by atoms with van der Waals surface area (Å²) in [5, 5.41) is 3.32. The van der Waals surface area contributed by atoms with Gasteiger partial charge < -0.3 is 11.1 Å². The summed E-state index contributed by atoms with van der Waals surface area (Å²) >= 11 is 0. The van der Waals surface area contributed by atoms with Crippen molar-refractivity contribution in [3.05, 3.63) is 35.4 Å². The zero-order valence-electron chi connectivity index (χ0n) is 7.96. The molecule has 70 valence electrons. The average Bonchev–Trinajstić information content (AvgIpc) is 2.51. The van der Waals surface area contributed by atoms with E-state index in [2.05, 4.69) is 36.5 Å². The van der Waals surface area contributed by atoms with Crippen molar-refractivity contribution in [1.82, 2.24) is 5.32 Å². The summed E-state index contributed by atoms with van der Waals surface area (Å²) in [4.78, 5) is 0. The fourth-order valence-electron chi connectivity index (χ4n) is 1.96. The van der Waals surface area contributed by atoms with Crippen molar-refractivity contribution >= 4 is 0 Å². The molecule has 1 fully saturated rings. The van der Waals surface area contributed by atoms with Crippen LogP contribution >= 0.6 is 0 Å². The van der Waals surface area contributed by atoms with Gasteiger partial charge in [-0.15, -0.1) is 0 Å². The lowest BCUT2D eigenvalue weighted by Gasteiger charge is -2.14. The second kappa shape index (κ2) is 3.48. The van der Waals surface area contributed by atoms with E-state index in [1.807, 2.05) is 0 Å². The highest BCUT2D eigenvalue weighted by atomic mass is 15.0. The van der Waals surface area contributed by atoms with E-state index in [1.54, 1.807) is 0 Å². The molecule has 0 saturated carbocycles. The van der Waals surface area contributed by atoms with Gasteiger partial charge in [-0.2, -0.15) is 0 Å². The van der Waals surface area contributed by atoms with Crippen molar-refractivity contribution in [3.8, 4) is 0 Å². The fourth-order valence-corrected chi connectivity index (χ4v) is 1.96. The number of hydrogen-bond acceptors (Lipinski definition) is 2. The number of hydrogen-bond donors (Lipinski definition) is 2. The Morgan fingerprint density at radius 1 is 1.38 bits per heavy atom. The van der Waals surface area contributed by atoms with Gasteiger partial charge in [0.2, 0.25) is 0 Å². The third-order valence-corrected chi connectivity index (χ3v) is 2.73. The summed E-state index contributed by atoms with van der Waals surface area (Å²) in [5.41, 5.74) is 8.69. The molecule has 1 saturated heterocycles. The highest BCUT2D eigenvalue weighted by molar-refractivity contribution is 5.28. The van der Waals surface area contributed by atoms with Crippen LogP contribution in [0.25, 0.3) is 0 Å². The van der Waals surface area contributed by atoms with Gasteiger partial charge in [-0.3, -0.25) is 0 Å². The van der Waals surface area contributed by atoms with Crippen LogP contribution in [0.5, 0.6) is 0 Å². The molecule has 1 aromatic rings. The molecular weight excluding hydrogens is 160 g/mol. The Labute approximate surface area is 79.1 Å². The van der Waals surface area contributed by atoms with E-state index >= 15 is 0 Å². The highest BCUT2D eigenvalue weighted by Gasteiger charge is 2.24. The monoisotopic (exact) mass is 176 g/mol. The lowest BCUT2D eigenvalue weighted by atomic mass is 9.94. The summed E-state index contributed by atoms with van der Waals surface area (Å²) in [6.45, 7) is 4.08. The lowest BCUT2D eigenvalue weighted by Crippen LogP contribution is -2.27. The molecule has 3 N–H and O–H groups in total. The first kappa shape index (κ1) is 8.73. The minimum absolute atomic E-state index is 0.279. The molecule has 1 aromatic carbocycles. The number of benzene rings is 1. The zero-order valence-corrected chi connectivity index (χ0v) is 7.96. The predicted octanol–water partition coefficient (Wildman–Crippen LogP) is 1.01. The summed E-state index contributed by atoms with van der Waals surface area (Å²) in [6.07, 6.45) is 0. The van der Waals surface area contributed by atoms with E-state index in [0.29, 0.717) is 5.92 Å². The van der Waals surface area contributed by atoms with E-state index in [4.69, 9.17) is 5.73 Å². The van der Waals surface area contributed by atoms with E-state index in [0.717, 1.165) is 13.1 Å². The SMILES string of the molecule is Cc1cccc([C@H]2CNC[C@@H]2N)c1. The van der Waals surface area contributed by atoms with Crippen LogP contribution in [0.2, 0.25) is 0 Å². The van der Waals surface area contributed by atoms with Gasteiger partial charge >= 0.3 is 0 Å². The van der Waals surface area contributed by atoms with E-state index < -0.39 is 0 Å². The highest BCUT2D eigenvalue weighted by Crippen LogP contribution is 2.21. The standard InChI is InChI=1S/C11H16N2/c1-8-3-2-4-9(5-8)10-6-13-7-11(10)12/h2-5,10-11,13H,6-7,12H2,1H3/t10-,11+/m1/s1. The van der Waals surface area contributed by atoms with Gasteiger partial charge in [0.05, 0.1) is 0 Å². The molecule has 1 aliphatic rings. The first-order valence-electron chi connectivity index (χ1n) is 4.80. The molecule has 1 aliphatic heterocycles. The minimum atomic E-state index is 0.279. The summed E-state index contributed by atoms with van der Waals surface area (Å²) < 4.78 is 0. The van der Waals surface area contributed by atoms with Crippen molar-refractivity contribution in [3.63, 3.8) is 0 Å². The topological polar surface area (TPSA) is 38.0 Å². The molecule has 13 heavy (non-hydrogen) atoms. The summed E-state index contributed by atoms with van der Waals surface area (Å²) in [7, 11) is 0. The Bertz CT molecular complexity index is 296. The van der Waals surface area contributed by atoms with Crippen LogP contribution in [0.4, 0.5) is 0 Å². The third-order valence-electron chi connectivity index (χ3n) is 2.73. The van der Waals surface area contributed by atoms with Crippen molar-refractivity contribution < 1.29 is 0 Å². The van der Waals surface area contributed by atoms with Gasteiger partial charge in [-0.25, -0.2) is 0 Å². The van der Waals surface area contributed by atoms with Gasteiger partial charge in [0.25, 0.3) is 0 Å². The lowest BCUT2D eigenvalue weighted by molar-refractivity contribution is 0.653. The van der Waals surface area contributed by atoms with Crippen LogP contribution in [0.1, 0.15) is 17.0 Å². The molecule has 1 heterocycles. The number of rotatable bonds is 1. The van der Waals surface area contributed by atoms with Crippen molar-refractivity contribution in [1.29, 1.82) is 0 Å². The molecule has 0 aliphatic carbocycles. The van der Waals surface area contributed by atoms with Crippen LogP contribution in [-0.2, 0) is 0 Å². The maximum absolute atomic E-state index is 6.00. The maximum Gasteiger partial charge on any atom is 0.0247 e. The Kier molecular flexibility index (Phi) is 2.34. The molecule has 0 aromatic heterocycles. The molecule has 2 atom stereocenters. The van der Waals surface area contributed by atoms with E-state index in [9.17, 15) is 0 Å². The van der Waals surface area contributed by atoms with Crippen molar-refractivity contribution in [2.45, 2.75) is 18.9 Å². The molecule has 0 amide bonds. The third kappa shape index (κ3) is 1.74. The summed E-state index contributed by atoms with van der Waals surface area (Å²) in [6, 6.07) is 8.91. The Morgan fingerprint density at radius 3 is 2.85 bits per heavy atom. The van der Waals surface area contributed by atoms with Gasteiger partial charge in [-0.1, -0.05) is 29.8 Å². The molecule has 2 heteroatoms. The molecule has 0 unspecified atom stereocenters. The van der Waals surface area contributed by atoms with Gasteiger partial charge in [0.1, 0.15) is 0 Å². The zero-order chi connectivity index (χ0) is 9.26. The minimum Gasteiger partial charge on any atom is -0.326 e. The van der Waals surface area contributed by atoms with Crippen LogP contribution in [0, 0.1) is 6.92 Å². The largest absolute Gasteiger partial charge is 0.326 e. The van der Waals surface area contributed by atoms with Crippen LogP contribution in [0.15, 0.2) is 24.3 Å². The van der Waals surface area contributed by atoms with Crippen molar-refractivity contribution in [2.24, 2.45) is 5.73 Å². The molecule has 0 spiro atoms. The normalized spacial score (nSPS) is 27.8. The predicted molar refractivity (Wildman–Crippen MR) is 54.8 cm³/mol. The van der Waals surface area contributed by atoms with Crippen molar-refractivity contribution in [2.75, 3.05) is 13.1 Å². The van der Waals surface area contributed by atoms with Crippen LogP contribution in [-0.4, -0.2) is 19.1 Å². The second-order valence-corrected chi connectivity index (χ2v) is 3.84. The molecule has 0 bridgehead atoms. The quantitative estimate of drug-likeness (QED) is 0.670. The van der Waals surface area contributed by atoms with Gasteiger partial charge in [0.15, 0.2) is 0 Å². The van der Waals surface area contributed by atoms with Gasteiger partial charge in [0, 0.05) is 25.0 Å². The fraction of sp³-hybridized carbons (Fsp3) is 0.455. The number of aryl methyl sites for hydroxylation is 1. The smallest absolute Gasteiger partial charge is 0.0247 e. The molecular formula is C11H16N2. The second-order valence-electron chi connectivity index (χ2n) is 3.84. The first-order valence-corrected chi connectivity index (χ1v) is 4.80. The Hall–Kier alpha value is -0.860. The van der Waals surface area contributed by atoms with E-state index in [1.165, 1.54) is 11.1 Å².